The number of amides is 2. The Balaban J connectivity index is 1.70. The molecule has 0 radical (unpaired) electrons. The molecule has 0 aromatic carbocycles. The summed E-state index contributed by atoms with van der Waals surface area (Å²) in [6, 6.07) is 1.47. The van der Waals surface area contributed by atoms with Crippen molar-refractivity contribution >= 4 is 6.03 Å². The maximum absolute atomic E-state index is 12.3. The maximum atomic E-state index is 12.3. The van der Waals surface area contributed by atoms with E-state index in [0.29, 0.717) is 44.1 Å². The van der Waals surface area contributed by atoms with Crippen LogP contribution in [0, 0.1) is 12.8 Å². The predicted octanol–water partition coefficient (Wildman–Crippen LogP) is 2.01. The number of nitrogens with one attached hydrogen (secondary N) is 1. The van der Waals surface area contributed by atoms with Crippen LogP contribution < -0.4 is 5.32 Å². The molecule has 1 fully saturated rings. The molecule has 6 nitrogen and oxygen atoms in total. The van der Waals surface area contributed by atoms with E-state index < -0.39 is 12.7 Å². The third-order valence-electron chi connectivity index (χ3n) is 3.74. The van der Waals surface area contributed by atoms with Crippen molar-refractivity contribution in [3.05, 3.63) is 17.5 Å². The molecule has 2 rings (SSSR count). The lowest BCUT2D eigenvalue weighted by Gasteiger charge is -2.20. The van der Waals surface area contributed by atoms with Gasteiger partial charge in [-0.25, -0.2) is 4.79 Å². The molecule has 1 N–H and O–H groups in total. The Bertz CT molecular complexity index is 532. The molecule has 1 aromatic rings. The molecule has 0 spiro atoms. The lowest BCUT2D eigenvalue weighted by molar-refractivity contribution is -0.143. The minimum Gasteiger partial charge on any atom is -0.361 e. The second-order valence-corrected chi connectivity index (χ2v) is 5.98. The first kappa shape index (κ1) is 17.6. The summed E-state index contributed by atoms with van der Waals surface area (Å²) in [5.41, 5.74) is 0.650. The Morgan fingerprint density at radius 3 is 2.91 bits per heavy atom. The molecule has 130 valence electrons. The van der Waals surface area contributed by atoms with E-state index in [-0.39, 0.29) is 11.9 Å². The van der Waals surface area contributed by atoms with E-state index in [9.17, 15) is 18.0 Å². The fourth-order valence-electron chi connectivity index (χ4n) is 2.65. The van der Waals surface area contributed by atoms with Gasteiger partial charge in [-0.2, -0.15) is 13.2 Å². The smallest absolute Gasteiger partial charge is 0.361 e. The van der Waals surface area contributed by atoms with Gasteiger partial charge >= 0.3 is 12.2 Å². The van der Waals surface area contributed by atoms with Gasteiger partial charge in [-0.05, 0) is 25.8 Å². The molecule has 1 aliphatic heterocycles. The highest BCUT2D eigenvalue weighted by Crippen LogP contribution is 2.22. The summed E-state index contributed by atoms with van der Waals surface area (Å²) >= 11 is 0. The molecule has 1 saturated heterocycles. The molecule has 1 atom stereocenters. The Morgan fingerprint density at radius 2 is 2.30 bits per heavy atom. The zero-order valence-corrected chi connectivity index (χ0v) is 13.2. The number of nitrogens with zero attached hydrogens (tertiary/aromatic N) is 3. The molecule has 9 heteroatoms. The van der Waals surface area contributed by atoms with Gasteiger partial charge in [0.15, 0.2) is 0 Å². The molecule has 0 saturated carbocycles. The first-order valence-electron chi connectivity index (χ1n) is 7.43. The predicted molar refractivity (Wildman–Crippen MR) is 76.7 cm³/mol. The number of rotatable bonds is 5. The molecule has 2 heterocycles. The van der Waals surface area contributed by atoms with Crippen molar-refractivity contribution in [1.29, 1.82) is 0 Å². The van der Waals surface area contributed by atoms with Crippen molar-refractivity contribution in [3.8, 4) is 0 Å². The lowest BCUT2D eigenvalue weighted by atomic mass is 10.1. The van der Waals surface area contributed by atoms with Crippen molar-refractivity contribution in [1.82, 2.24) is 20.3 Å². The van der Waals surface area contributed by atoms with Crippen LogP contribution in [0.15, 0.2) is 10.6 Å². The maximum Gasteiger partial charge on any atom is 0.401 e. The summed E-state index contributed by atoms with van der Waals surface area (Å²) in [5.74, 6) is 0.716. The van der Waals surface area contributed by atoms with Crippen LogP contribution in [0.25, 0.3) is 0 Å². The van der Waals surface area contributed by atoms with Crippen LogP contribution in [0.1, 0.15) is 17.9 Å². The quantitative estimate of drug-likeness (QED) is 0.895. The minimum absolute atomic E-state index is 0.0454. The van der Waals surface area contributed by atoms with E-state index in [4.69, 9.17) is 4.52 Å². The zero-order chi connectivity index (χ0) is 17.0. The molecule has 0 aliphatic carbocycles. The topological polar surface area (TPSA) is 61.6 Å². The average molecular weight is 334 g/mol. The molecular formula is C14H21F3N4O2. The summed E-state index contributed by atoms with van der Waals surface area (Å²) in [4.78, 5) is 14.8. The summed E-state index contributed by atoms with van der Waals surface area (Å²) in [7, 11) is 1.63. The monoisotopic (exact) mass is 334 g/mol. The number of aromatic nitrogens is 1. The number of hydrogen-bond donors (Lipinski definition) is 1. The highest BCUT2D eigenvalue weighted by molar-refractivity contribution is 5.73. The Hall–Kier alpha value is -1.77. The molecule has 0 bridgehead atoms. The number of urea groups is 1. The minimum atomic E-state index is -4.17. The second-order valence-electron chi connectivity index (χ2n) is 5.98. The average Bonchev–Trinajstić information content (AvgIpc) is 3.03. The van der Waals surface area contributed by atoms with Crippen LogP contribution in [-0.2, 0) is 6.54 Å². The van der Waals surface area contributed by atoms with Crippen LogP contribution in [0.2, 0.25) is 0 Å². The fourth-order valence-corrected chi connectivity index (χ4v) is 2.65. The molecule has 2 amide bonds. The van der Waals surface area contributed by atoms with Gasteiger partial charge in [0.1, 0.15) is 11.5 Å². The highest BCUT2D eigenvalue weighted by atomic mass is 19.4. The number of aryl methyl sites for hydroxylation is 1. The SMILES string of the molecule is Cc1cc(CN(C)C(=O)NC[C@@H]2CCN(CC(F)(F)F)C2)no1. The van der Waals surface area contributed by atoms with E-state index in [1.807, 2.05) is 0 Å². The molecule has 1 aliphatic rings. The van der Waals surface area contributed by atoms with Crippen molar-refractivity contribution in [2.75, 3.05) is 33.2 Å². The van der Waals surface area contributed by atoms with Crippen molar-refractivity contribution < 1.29 is 22.5 Å². The molecule has 0 unspecified atom stereocenters. The number of carbonyl (C=O) groups is 1. The van der Waals surface area contributed by atoms with Crippen LogP contribution in [0.3, 0.4) is 0 Å². The van der Waals surface area contributed by atoms with E-state index in [0.717, 1.165) is 0 Å². The second kappa shape index (κ2) is 7.20. The number of likely N-dealkylation sites (tertiary alicyclic amines) is 1. The summed E-state index contributed by atoms with van der Waals surface area (Å²) in [5, 5.41) is 6.57. The van der Waals surface area contributed by atoms with Gasteiger partial charge in [-0.1, -0.05) is 5.16 Å². The molecule has 23 heavy (non-hydrogen) atoms. The first-order chi connectivity index (χ1) is 10.7. The van der Waals surface area contributed by atoms with E-state index >= 15 is 0 Å². The molecular weight excluding hydrogens is 313 g/mol. The van der Waals surface area contributed by atoms with Gasteiger partial charge in [0.25, 0.3) is 0 Å². The van der Waals surface area contributed by atoms with Gasteiger partial charge < -0.3 is 14.7 Å². The summed E-state index contributed by atoms with van der Waals surface area (Å²) < 4.78 is 41.9. The number of halogens is 3. The molecule has 1 aromatic heterocycles. The third kappa shape index (κ3) is 5.74. The van der Waals surface area contributed by atoms with Crippen LogP contribution >= 0.6 is 0 Å². The summed E-state index contributed by atoms with van der Waals surface area (Å²) in [6.45, 7) is 2.33. The first-order valence-corrected chi connectivity index (χ1v) is 7.43. The zero-order valence-electron chi connectivity index (χ0n) is 13.2. The van der Waals surface area contributed by atoms with E-state index in [2.05, 4.69) is 10.5 Å². The Kier molecular flexibility index (Phi) is 5.51. The summed E-state index contributed by atoms with van der Waals surface area (Å²) in [6.07, 6.45) is -3.52. The Labute approximate surface area is 132 Å². The third-order valence-corrected chi connectivity index (χ3v) is 3.74. The van der Waals surface area contributed by atoms with Gasteiger partial charge in [0.2, 0.25) is 0 Å². The largest absolute Gasteiger partial charge is 0.401 e. The normalized spacial score (nSPS) is 19.1. The van der Waals surface area contributed by atoms with E-state index in [1.165, 1.54) is 9.80 Å². The van der Waals surface area contributed by atoms with Gasteiger partial charge in [-0.3, -0.25) is 4.90 Å². The highest BCUT2D eigenvalue weighted by Gasteiger charge is 2.34. The lowest BCUT2D eigenvalue weighted by Crippen LogP contribution is -2.40. The number of hydrogen-bond acceptors (Lipinski definition) is 4. The Morgan fingerprint density at radius 1 is 1.57 bits per heavy atom. The van der Waals surface area contributed by atoms with Crippen molar-refractivity contribution in [2.24, 2.45) is 5.92 Å². The number of alkyl halides is 3. The van der Waals surface area contributed by atoms with Gasteiger partial charge in [0.05, 0.1) is 13.1 Å². The number of carbonyl (C=O) groups excluding carboxylic acids is 1. The van der Waals surface area contributed by atoms with Gasteiger partial charge in [-0.15, -0.1) is 0 Å². The van der Waals surface area contributed by atoms with Crippen LogP contribution in [0.5, 0.6) is 0 Å². The van der Waals surface area contributed by atoms with Crippen LogP contribution in [0.4, 0.5) is 18.0 Å². The van der Waals surface area contributed by atoms with Gasteiger partial charge in [0, 0.05) is 26.2 Å². The standard InChI is InChI=1S/C14H21F3N4O2/c1-10-5-12(19-23-10)8-20(2)13(22)18-6-11-3-4-21(7-11)9-14(15,16)17/h5,11H,3-4,6-9H2,1-2H3,(H,18,22)/t11-/m0/s1. The van der Waals surface area contributed by atoms with Crippen molar-refractivity contribution in [2.45, 2.75) is 26.1 Å². The fraction of sp³-hybridized carbons (Fsp3) is 0.714. The van der Waals surface area contributed by atoms with E-state index in [1.54, 1.807) is 20.0 Å². The van der Waals surface area contributed by atoms with Crippen molar-refractivity contribution in [3.63, 3.8) is 0 Å². The van der Waals surface area contributed by atoms with Crippen LogP contribution in [-0.4, -0.2) is 60.4 Å².